The van der Waals surface area contributed by atoms with Gasteiger partial charge >= 0.3 is 5.97 Å². The SMILES string of the molecule is CC(=O)Oc1ccc(N2C(=O)c3ccc(C(=O)Nc4ccccc4I)cc3C2=O)cc1. The van der Waals surface area contributed by atoms with E-state index < -0.39 is 17.8 Å². The molecular formula is C23H15IN2O5. The highest BCUT2D eigenvalue weighted by Gasteiger charge is 2.37. The molecule has 1 N–H and O–H groups in total. The first-order chi connectivity index (χ1) is 14.8. The molecule has 8 heteroatoms. The van der Waals surface area contributed by atoms with Crippen molar-refractivity contribution in [1.29, 1.82) is 0 Å². The Morgan fingerprint density at radius 2 is 1.58 bits per heavy atom. The third kappa shape index (κ3) is 4.06. The Balaban J connectivity index is 1.59. The molecule has 0 saturated heterocycles. The van der Waals surface area contributed by atoms with E-state index in [0.29, 0.717) is 17.1 Å². The molecule has 7 nitrogen and oxygen atoms in total. The van der Waals surface area contributed by atoms with Crippen LogP contribution < -0.4 is 15.0 Å². The number of amides is 3. The predicted molar refractivity (Wildman–Crippen MR) is 122 cm³/mol. The minimum absolute atomic E-state index is 0.157. The molecule has 0 atom stereocenters. The molecule has 0 saturated carbocycles. The summed E-state index contributed by atoms with van der Waals surface area (Å²) in [5.74, 6) is -1.54. The van der Waals surface area contributed by atoms with E-state index in [-0.39, 0.29) is 22.6 Å². The highest BCUT2D eigenvalue weighted by atomic mass is 127. The fourth-order valence-corrected chi connectivity index (χ4v) is 3.73. The van der Waals surface area contributed by atoms with Crippen LogP contribution in [-0.2, 0) is 4.79 Å². The van der Waals surface area contributed by atoms with Crippen LogP contribution in [0.5, 0.6) is 5.75 Å². The molecule has 4 rings (SSSR count). The summed E-state index contributed by atoms with van der Waals surface area (Å²) in [5.41, 5.74) is 1.65. The maximum Gasteiger partial charge on any atom is 0.308 e. The van der Waals surface area contributed by atoms with Crippen molar-refractivity contribution in [3.05, 3.63) is 87.0 Å². The monoisotopic (exact) mass is 526 g/mol. The van der Waals surface area contributed by atoms with Gasteiger partial charge in [0.2, 0.25) is 0 Å². The fraction of sp³-hybridized carbons (Fsp3) is 0.0435. The van der Waals surface area contributed by atoms with Crippen LogP contribution in [0.3, 0.4) is 0 Å². The molecule has 0 aromatic heterocycles. The van der Waals surface area contributed by atoms with E-state index in [0.717, 1.165) is 8.47 Å². The van der Waals surface area contributed by atoms with E-state index in [1.54, 1.807) is 6.07 Å². The number of nitrogens with one attached hydrogen (secondary N) is 1. The van der Waals surface area contributed by atoms with Crippen molar-refractivity contribution in [1.82, 2.24) is 0 Å². The van der Waals surface area contributed by atoms with Crippen LogP contribution in [0.2, 0.25) is 0 Å². The van der Waals surface area contributed by atoms with Gasteiger partial charge in [0.25, 0.3) is 17.7 Å². The van der Waals surface area contributed by atoms with Gasteiger partial charge in [0.05, 0.1) is 22.5 Å². The minimum Gasteiger partial charge on any atom is -0.427 e. The maximum atomic E-state index is 12.9. The number of imide groups is 1. The number of para-hydroxylation sites is 1. The summed E-state index contributed by atoms with van der Waals surface area (Å²) in [6.07, 6.45) is 0. The van der Waals surface area contributed by atoms with Crippen molar-refractivity contribution in [3.63, 3.8) is 0 Å². The molecular weight excluding hydrogens is 511 g/mol. The van der Waals surface area contributed by atoms with Crippen molar-refractivity contribution in [2.24, 2.45) is 0 Å². The number of nitrogens with zero attached hydrogens (tertiary/aromatic N) is 1. The number of fused-ring (bicyclic) bond motifs is 1. The van der Waals surface area contributed by atoms with E-state index in [4.69, 9.17) is 4.74 Å². The number of halogens is 1. The van der Waals surface area contributed by atoms with Crippen molar-refractivity contribution >= 4 is 57.7 Å². The Bertz CT molecular complexity index is 1240. The van der Waals surface area contributed by atoms with Gasteiger partial charge in [0.15, 0.2) is 0 Å². The first-order valence-corrected chi connectivity index (χ1v) is 10.3. The number of esters is 1. The van der Waals surface area contributed by atoms with E-state index in [1.165, 1.54) is 49.4 Å². The topological polar surface area (TPSA) is 92.8 Å². The number of rotatable bonds is 4. The van der Waals surface area contributed by atoms with Crippen molar-refractivity contribution in [2.75, 3.05) is 10.2 Å². The Kier molecular flexibility index (Phi) is 5.55. The normalized spacial score (nSPS) is 12.5. The zero-order valence-corrected chi connectivity index (χ0v) is 18.4. The lowest BCUT2D eigenvalue weighted by atomic mass is 10.1. The lowest BCUT2D eigenvalue weighted by Gasteiger charge is -2.14. The summed E-state index contributed by atoms with van der Waals surface area (Å²) < 4.78 is 5.85. The summed E-state index contributed by atoms with van der Waals surface area (Å²) in [7, 11) is 0. The molecule has 31 heavy (non-hydrogen) atoms. The van der Waals surface area contributed by atoms with Crippen LogP contribution in [0.1, 0.15) is 38.0 Å². The zero-order valence-electron chi connectivity index (χ0n) is 16.2. The number of carbonyl (C=O) groups excluding carboxylic acids is 4. The molecule has 0 fully saturated rings. The van der Waals surface area contributed by atoms with Crippen molar-refractivity contribution < 1.29 is 23.9 Å². The van der Waals surface area contributed by atoms with Gasteiger partial charge in [-0.1, -0.05) is 12.1 Å². The molecule has 0 radical (unpaired) electrons. The maximum absolute atomic E-state index is 12.9. The lowest BCUT2D eigenvalue weighted by Crippen LogP contribution is -2.29. The summed E-state index contributed by atoms with van der Waals surface area (Å²) in [5, 5.41) is 2.81. The number of ether oxygens (including phenoxy) is 1. The number of benzene rings is 3. The van der Waals surface area contributed by atoms with E-state index in [9.17, 15) is 19.2 Å². The summed E-state index contributed by atoms with van der Waals surface area (Å²) in [6, 6.07) is 17.8. The molecule has 1 aliphatic heterocycles. The predicted octanol–water partition coefficient (Wildman–Crippen LogP) is 4.27. The third-order valence-electron chi connectivity index (χ3n) is 4.63. The second kappa shape index (κ2) is 8.31. The van der Waals surface area contributed by atoms with Gasteiger partial charge < -0.3 is 10.1 Å². The zero-order chi connectivity index (χ0) is 22.1. The van der Waals surface area contributed by atoms with Gasteiger partial charge in [-0.15, -0.1) is 0 Å². The van der Waals surface area contributed by atoms with Gasteiger partial charge in [0, 0.05) is 16.1 Å². The van der Waals surface area contributed by atoms with Gasteiger partial charge in [-0.2, -0.15) is 0 Å². The first kappa shape index (κ1) is 20.7. The summed E-state index contributed by atoms with van der Waals surface area (Å²) in [6.45, 7) is 1.28. The minimum atomic E-state index is -0.524. The molecule has 0 bridgehead atoms. The summed E-state index contributed by atoms with van der Waals surface area (Å²) >= 11 is 2.12. The number of hydrogen-bond acceptors (Lipinski definition) is 5. The standard InChI is InChI=1S/C23H15IN2O5/c1-13(27)31-16-9-7-15(8-10-16)26-22(29)17-11-6-14(12-18(17)23(26)30)21(28)25-20-5-3-2-4-19(20)24/h2-12H,1H3,(H,25,28). The van der Waals surface area contributed by atoms with Crippen LogP contribution in [0.4, 0.5) is 11.4 Å². The smallest absolute Gasteiger partial charge is 0.308 e. The molecule has 0 unspecified atom stereocenters. The number of anilines is 2. The average Bonchev–Trinajstić information content (AvgIpc) is 3.00. The van der Waals surface area contributed by atoms with Gasteiger partial charge in [-0.3, -0.25) is 19.2 Å². The van der Waals surface area contributed by atoms with Gasteiger partial charge in [-0.05, 0) is 77.2 Å². The highest BCUT2D eigenvalue weighted by Crippen LogP contribution is 2.30. The fourth-order valence-electron chi connectivity index (χ4n) is 3.20. The second-order valence-electron chi connectivity index (χ2n) is 6.73. The third-order valence-corrected chi connectivity index (χ3v) is 5.57. The van der Waals surface area contributed by atoms with E-state index in [2.05, 4.69) is 27.9 Å². The molecule has 0 aliphatic carbocycles. The second-order valence-corrected chi connectivity index (χ2v) is 7.89. The number of hydrogen-bond donors (Lipinski definition) is 1. The molecule has 154 valence electrons. The van der Waals surface area contributed by atoms with E-state index in [1.807, 2.05) is 18.2 Å². The largest absolute Gasteiger partial charge is 0.427 e. The Morgan fingerprint density at radius 1 is 0.903 bits per heavy atom. The van der Waals surface area contributed by atoms with Crippen LogP contribution in [0, 0.1) is 3.57 Å². The quantitative estimate of drug-likeness (QED) is 0.237. The Labute approximate surface area is 191 Å². The van der Waals surface area contributed by atoms with Gasteiger partial charge in [0.1, 0.15) is 5.75 Å². The lowest BCUT2D eigenvalue weighted by molar-refractivity contribution is -0.131. The van der Waals surface area contributed by atoms with Crippen molar-refractivity contribution in [3.8, 4) is 5.75 Å². The van der Waals surface area contributed by atoms with Crippen LogP contribution >= 0.6 is 22.6 Å². The van der Waals surface area contributed by atoms with Crippen LogP contribution in [0.15, 0.2) is 66.7 Å². The van der Waals surface area contributed by atoms with Crippen molar-refractivity contribution in [2.45, 2.75) is 6.92 Å². The van der Waals surface area contributed by atoms with E-state index >= 15 is 0 Å². The first-order valence-electron chi connectivity index (χ1n) is 9.22. The Morgan fingerprint density at radius 3 is 2.26 bits per heavy atom. The molecule has 0 spiro atoms. The Hall–Kier alpha value is -3.53. The van der Waals surface area contributed by atoms with Crippen LogP contribution in [0.25, 0.3) is 0 Å². The molecule has 3 amide bonds. The number of carbonyl (C=O) groups is 4. The average molecular weight is 526 g/mol. The molecule has 3 aromatic carbocycles. The van der Waals surface area contributed by atoms with Crippen LogP contribution in [-0.4, -0.2) is 23.7 Å². The summed E-state index contributed by atoms with van der Waals surface area (Å²) in [4.78, 5) is 50.5. The highest BCUT2D eigenvalue weighted by molar-refractivity contribution is 14.1. The van der Waals surface area contributed by atoms with Gasteiger partial charge in [-0.25, -0.2) is 4.90 Å². The molecule has 3 aromatic rings. The molecule has 1 aliphatic rings. The molecule has 1 heterocycles.